The second kappa shape index (κ2) is 14.3. The predicted octanol–water partition coefficient (Wildman–Crippen LogP) is 8.05. The van der Waals surface area contributed by atoms with Crippen molar-refractivity contribution in [2.75, 3.05) is 24.7 Å². The molecule has 1 heterocycles. The van der Waals surface area contributed by atoms with Gasteiger partial charge in [0.15, 0.2) is 0 Å². The minimum atomic E-state index is -5.59. The van der Waals surface area contributed by atoms with E-state index in [9.17, 15) is 36.7 Å². The molecule has 44 heavy (non-hydrogen) atoms. The smallest absolute Gasteiger partial charge is 0.453 e. The molecule has 1 aliphatic heterocycles. The molecule has 0 amide bonds. The van der Waals surface area contributed by atoms with Crippen LogP contribution in [0.3, 0.4) is 0 Å². The van der Waals surface area contributed by atoms with Crippen LogP contribution in [-0.2, 0) is 23.0 Å². The number of aryl methyl sites for hydroxylation is 1. The average molecular weight is 641 g/mol. The number of aromatic hydroxyl groups is 2. The lowest BCUT2D eigenvalue weighted by Crippen LogP contribution is -2.40. The van der Waals surface area contributed by atoms with Gasteiger partial charge < -0.3 is 24.2 Å². The maximum atomic E-state index is 13.0. The van der Waals surface area contributed by atoms with Crippen molar-refractivity contribution >= 4 is 11.2 Å². The second-order valence-corrected chi connectivity index (χ2v) is 13.1. The monoisotopic (exact) mass is 640 g/mol. The fourth-order valence-corrected chi connectivity index (χ4v) is 6.69. The molecule has 0 saturated heterocycles. The van der Waals surface area contributed by atoms with E-state index in [1.165, 1.54) is 0 Å². The molecular formula is C33H37F5O5S. The summed E-state index contributed by atoms with van der Waals surface area (Å²) in [4.78, 5) is 0. The van der Waals surface area contributed by atoms with Gasteiger partial charge in [0.2, 0.25) is 0 Å². The fraction of sp³-hybridized carbons (Fsp3) is 0.455. The molecule has 0 saturated carbocycles. The van der Waals surface area contributed by atoms with Gasteiger partial charge in [-0.1, -0.05) is 48.4 Å². The van der Waals surface area contributed by atoms with Gasteiger partial charge in [-0.15, -0.1) is 0 Å². The van der Waals surface area contributed by atoms with Crippen molar-refractivity contribution in [3.8, 4) is 23.0 Å². The van der Waals surface area contributed by atoms with Gasteiger partial charge in [0.05, 0.1) is 13.2 Å². The first kappa shape index (κ1) is 33.7. The van der Waals surface area contributed by atoms with Crippen molar-refractivity contribution in [2.45, 2.75) is 68.9 Å². The number of hydrogen-bond donors (Lipinski definition) is 2. The molecule has 3 aromatic rings. The molecule has 5 nitrogen and oxygen atoms in total. The van der Waals surface area contributed by atoms with Crippen LogP contribution in [0.15, 0.2) is 66.7 Å². The Morgan fingerprint density at radius 2 is 1.57 bits per heavy atom. The summed E-state index contributed by atoms with van der Waals surface area (Å²) >= 11 is -1.50. The number of alkyl halides is 5. The predicted molar refractivity (Wildman–Crippen MR) is 159 cm³/mol. The van der Waals surface area contributed by atoms with E-state index in [2.05, 4.69) is 6.92 Å². The van der Waals surface area contributed by atoms with Crippen molar-refractivity contribution in [1.29, 1.82) is 0 Å². The van der Waals surface area contributed by atoms with Crippen LogP contribution >= 0.6 is 0 Å². The van der Waals surface area contributed by atoms with E-state index in [1.54, 1.807) is 24.3 Å². The standard InChI is InChI=1S/C33H37F5O5S/c1-31(24-9-11-25(39)12-10-24)22-43-30-21-26(40)13-16-28(30)29(31)6-2-5-23-7-14-27(15-8-23)42-18-4-20-44(41)19-3-17-32(34,35)33(36,37)38/h7-16,21,29,39-40H,2-6,17-20,22H2,1H3. The minimum Gasteiger partial charge on any atom is -0.616 e. The van der Waals surface area contributed by atoms with E-state index in [4.69, 9.17) is 9.47 Å². The summed E-state index contributed by atoms with van der Waals surface area (Å²) < 4.78 is 86.4. The fourth-order valence-electron chi connectivity index (χ4n) is 5.58. The Morgan fingerprint density at radius 3 is 2.25 bits per heavy atom. The summed E-state index contributed by atoms with van der Waals surface area (Å²) in [5.41, 5.74) is 2.88. The highest BCUT2D eigenvalue weighted by molar-refractivity contribution is 7.91. The Bertz CT molecular complexity index is 1350. The lowest BCUT2D eigenvalue weighted by molar-refractivity contribution is -0.284. The largest absolute Gasteiger partial charge is 0.616 e. The van der Waals surface area contributed by atoms with Crippen LogP contribution in [0.1, 0.15) is 61.6 Å². The van der Waals surface area contributed by atoms with Gasteiger partial charge in [-0.3, -0.25) is 0 Å². The van der Waals surface area contributed by atoms with Gasteiger partial charge in [-0.2, -0.15) is 22.0 Å². The number of hydrogen-bond acceptors (Lipinski definition) is 5. The van der Waals surface area contributed by atoms with Gasteiger partial charge in [0, 0.05) is 30.2 Å². The van der Waals surface area contributed by atoms with Crippen LogP contribution in [0.2, 0.25) is 0 Å². The van der Waals surface area contributed by atoms with Crippen molar-refractivity contribution < 1.29 is 46.2 Å². The molecule has 0 aromatic heterocycles. The molecule has 0 fully saturated rings. The number of phenolic OH excluding ortho intramolecular Hbond substituents is 2. The molecule has 240 valence electrons. The molecule has 0 bridgehead atoms. The quantitative estimate of drug-likeness (QED) is 0.106. The zero-order valence-electron chi connectivity index (χ0n) is 24.4. The molecule has 0 spiro atoms. The third kappa shape index (κ3) is 8.50. The van der Waals surface area contributed by atoms with Crippen molar-refractivity contribution in [3.05, 3.63) is 83.4 Å². The molecular weight excluding hydrogens is 603 g/mol. The highest BCUT2D eigenvalue weighted by atomic mass is 32.2. The maximum Gasteiger partial charge on any atom is 0.453 e. The van der Waals surface area contributed by atoms with Crippen LogP contribution in [0.4, 0.5) is 22.0 Å². The summed E-state index contributed by atoms with van der Waals surface area (Å²) in [6.07, 6.45) is -4.47. The van der Waals surface area contributed by atoms with Gasteiger partial charge in [-0.05, 0) is 72.7 Å². The van der Waals surface area contributed by atoms with Crippen LogP contribution in [0.5, 0.6) is 23.0 Å². The maximum absolute atomic E-state index is 13.0. The van der Waals surface area contributed by atoms with Gasteiger partial charge in [0.25, 0.3) is 0 Å². The first-order valence-electron chi connectivity index (χ1n) is 14.5. The van der Waals surface area contributed by atoms with E-state index in [0.717, 1.165) is 36.0 Å². The molecule has 2 N–H and O–H groups in total. The van der Waals surface area contributed by atoms with Crippen molar-refractivity contribution in [2.24, 2.45) is 0 Å². The van der Waals surface area contributed by atoms with E-state index in [0.29, 0.717) is 24.5 Å². The summed E-state index contributed by atoms with van der Waals surface area (Å²) in [6.45, 7) is 2.85. The SMILES string of the molecule is CC1(c2ccc(O)cc2)COc2cc(O)ccc2C1CCCc1ccc(OCCC[S+]([O-])CCCC(F)(F)C(F)(F)F)cc1. The van der Waals surface area contributed by atoms with E-state index in [1.807, 2.05) is 42.5 Å². The minimum absolute atomic E-state index is 0.116. The van der Waals surface area contributed by atoms with Crippen LogP contribution < -0.4 is 9.47 Å². The lowest BCUT2D eigenvalue weighted by atomic mass is 9.66. The van der Waals surface area contributed by atoms with Gasteiger partial charge in [0.1, 0.15) is 34.5 Å². The molecule has 0 aliphatic carbocycles. The average Bonchev–Trinajstić information content (AvgIpc) is 2.97. The molecule has 4 rings (SSSR count). The topological polar surface area (TPSA) is 82.0 Å². The Morgan fingerprint density at radius 1 is 0.909 bits per heavy atom. The molecule has 3 aromatic carbocycles. The number of phenols is 2. The van der Waals surface area contributed by atoms with E-state index >= 15 is 0 Å². The zero-order chi connectivity index (χ0) is 32.0. The Hall–Kier alpha value is -3.18. The summed E-state index contributed by atoms with van der Waals surface area (Å²) in [7, 11) is 0. The van der Waals surface area contributed by atoms with Crippen LogP contribution in [0, 0.1) is 0 Å². The van der Waals surface area contributed by atoms with E-state index in [-0.39, 0.29) is 40.9 Å². The third-order valence-corrected chi connectivity index (χ3v) is 9.63. The Kier molecular flexibility index (Phi) is 10.9. The van der Waals surface area contributed by atoms with Gasteiger partial charge in [-0.25, -0.2) is 0 Å². The van der Waals surface area contributed by atoms with Gasteiger partial charge >= 0.3 is 12.1 Å². The first-order chi connectivity index (χ1) is 20.8. The number of rotatable bonds is 14. The Balaban J connectivity index is 1.25. The number of fused-ring (bicyclic) bond motifs is 1. The summed E-state index contributed by atoms with van der Waals surface area (Å²) in [5, 5.41) is 19.8. The summed E-state index contributed by atoms with van der Waals surface area (Å²) in [5.74, 6) is -3.04. The number of halogens is 5. The molecule has 11 heteroatoms. The highest BCUT2D eigenvalue weighted by Gasteiger charge is 2.56. The zero-order valence-corrected chi connectivity index (χ0v) is 25.2. The normalized spacial score (nSPS) is 19.2. The summed E-state index contributed by atoms with van der Waals surface area (Å²) in [6, 6.07) is 20.1. The number of benzene rings is 3. The van der Waals surface area contributed by atoms with Crippen LogP contribution in [0.25, 0.3) is 0 Å². The lowest BCUT2D eigenvalue weighted by Gasteiger charge is -2.43. The third-order valence-electron chi connectivity index (χ3n) is 8.14. The molecule has 0 radical (unpaired) electrons. The molecule has 1 aliphatic rings. The first-order valence-corrected chi connectivity index (χ1v) is 16.0. The Labute approximate surface area is 257 Å². The van der Waals surface area contributed by atoms with Crippen LogP contribution in [-0.4, -0.2) is 51.6 Å². The molecule has 3 unspecified atom stereocenters. The van der Waals surface area contributed by atoms with E-state index < -0.39 is 36.1 Å². The van der Waals surface area contributed by atoms with Crippen molar-refractivity contribution in [1.82, 2.24) is 0 Å². The number of ether oxygens (including phenoxy) is 2. The van der Waals surface area contributed by atoms with Crippen molar-refractivity contribution in [3.63, 3.8) is 0 Å². The second-order valence-electron chi connectivity index (χ2n) is 11.4. The highest BCUT2D eigenvalue weighted by Crippen LogP contribution is 2.49. The molecule has 3 atom stereocenters.